The lowest BCUT2D eigenvalue weighted by Gasteiger charge is -2.09. The summed E-state index contributed by atoms with van der Waals surface area (Å²) in [6.45, 7) is 0.0922. The van der Waals surface area contributed by atoms with Gasteiger partial charge in [-0.25, -0.2) is 18.6 Å². The lowest BCUT2D eigenvalue weighted by atomic mass is 10.1. The van der Waals surface area contributed by atoms with E-state index >= 15 is 0 Å². The second-order valence-corrected chi connectivity index (χ2v) is 8.96. The molecule has 9 nitrogen and oxygen atoms in total. The van der Waals surface area contributed by atoms with Gasteiger partial charge >= 0.3 is 5.69 Å². The molecule has 1 aromatic carbocycles. The summed E-state index contributed by atoms with van der Waals surface area (Å²) < 4.78 is 36.8. The zero-order chi connectivity index (χ0) is 24.0. The molecule has 0 unspecified atom stereocenters. The zero-order valence-electron chi connectivity index (χ0n) is 17.9. The fraction of sp³-hybridized carbons (Fsp3) is 0.273. The summed E-state index contributed by atoms with van der Waals surface area (Å²) >= 11 is 1.09. The highest BCUT2D eigenvalue weighted by molar-refractivity contribution is 7.14. The second-order valence-electron chi connectivity index (χ2n) is 8.11. The summed E-state index contributed by atoms with van der Waals surface area (Å²) in [6, 6.07) is 3.87. The molecule has 3 aromatic heterocycles. The Bertz CT molecular complexity index is 1510. The van der Waals surface area contributed by atoms with E-state index in [2.05, 4.69) is 15.3 Å². The number of aryl methyl sites for hydroxylation is 1. The maximum atomic E-state index is 14.4. The number of amides is 1. The molecule has 5 rings (SSSR count). The van der Waals surface area contributed by atoms with E-state index in [1.807, 2.05) is 0 Å². The first-order chi connectivity index (χ1) is 16.3. The lowest BCUT2D eigenvalue weighted by Crippen LogP contribution is -2.29. The van der Waals surface area contributed by atoms with Gasteiger partial charge in [-0.3, -0.25) is 19.1 Å². The Balaban J connectivity index is 1.31. The van der Waals surface area contributed by atoms with E-state index < -0.39 is 34.5 Å². The Morgan fingerprint density at radius 3 is 2.74 bits per heavy atom. The van der Waals surface area contributed by atoms with Crippen LogP contribution in [0, 0.1) is 17.6 Å². The Morgan fingerprint density at radius 1 is 1.29 bits per heavy atom. The number of nitrogens with zero attached hydrogens (tertiary/aromatic N) is 3. The monoisotopic (exact) mass is 487 g/mol. The standard InChI is InChI=1S/C22H19F2N5O4S/c1-28-16-4-5-29(18(16)20(31)27-22(28)32)8-17(30)26-21-25-15(10-34-21)12-6-13(23)19(14(24)7-12)33-9-11-2-3-11/h4-7,10-11H,2-3,8-9H2,1H3,(H,25,26,30)(H,27,31,32). The number of anilines is 1. The largest absolute Gasteiger partial charge is 0.487 e. The Hall–Kier alpha value is -3.80. The van der Waals surface area contributed by atoms with Crippen molar-refractivity contribution in [1.29, 1.82) is 0 Å². The number of halogens is 2. The molecule has 1 aliphatic rings. The molecule has 0 aliphatic heterocycles. The van der Waals surface area contributed by atoms with Gasteiger partial charge in [0.05, 0.1) is 17.8 Å². The van der Waals surface area contributed by atoms with Crippen LogP contribution in [0.25, 0.3) is 22.3 Å². The third-order valence-corrected chi connectivity index (χ3v) is 6.32. The van der Waals surface area contributed by atoms with E-state index in [1.165, 1.54) is 22.4 Å². The summed E-state index contributed by atoms with van der Waals surface area (Å²) in [4.78, 5) is 42.9. The molecule has 3 heterocycles. The molecule has 1 saturated carbocycles. The minimum Gasteiger partial charge on any atom is -0.487 e. The number of rotatable bonds is 7. The van der Waals surface area contributed by atoms with Crippen LogP contribution in [0.1, 0.15) is 12.8 Å². The van der Waals surface area contributed by atoms with Crippen molar-refractivity contribution < 1.29 is 18.3 Å². The third-order valence-electron chi connectivity index (χ3n) is 5.56. The molecule has 34 heavy (non-hydrogen) atoms. The maximum absolute atomic E-state index is 14.4. The normalized spacial score (nSPS) is 13.4. The van der Waals surface area contributed by atoms with Crippen LogP contribution in [0.15, 0.2) is 39.4 Å². The van der Waals surface area contributed by atoms with Crippen molar-refractivity contribution in [3.63, 3.8) is 0 Å². The number of thiazole rings is 1. The SMILES string of the molecule is Cn1c(=O)[nH]c(=O)c2c1ccn2CC(=O)Nc1nc(-c2cc(F)c(OCC3CC3)c(F)c2)cs1. The van der Waals surface area contributed by atoms with Crippen molar-refractivity contribution in [2.75, 3.05) is 11.9 Å². The van der Waals surface area contributed by atoms with Crippen LogP contribution < -0.4 is 21.3 Å². The number of aromatic amines is 1. The molecular formula is C22H19F2N5O4S. The fourth-order valence-corrected chi connectivity index (χ4v) is 4.30. The van der Waals surface area contributed by atoms with Gasteiger partial charge < -0.3 is 14.6 Å². The van der Waals surface area contributed by atoms with Crippen molar-refractivity contribution in [3.05, 3.63) is 62.2 Å². The molecule has 0 radical (unpaired) electrons. The Morgan fingerprint density at radius 2 is 2.03 bits per heavy atom. The van der Waals surface area contributed by atoms with Gasteiger partial charge in [-0.05, 0) is 37.0 Å². The van der Waals surface area contributed by atoms with Gasteiger partial charge in [0.2, 0.25) is 5.91 Å². The quantitative estimate of drug-likeness (QED) is 0.417. The summed E-state index contributed by atoms with van der Waals surface area (Å²) in [5.74, 6) is -2.13. The average molecular weight is 487 g/mol. The fourth-order valence-electron chi connectivity index (χ4n) is 3.57. The van der Waals surface area contributed by atoms with E-state index in [4.69, 9.17) is 4.74 Å². The Kier molecular flexibility index (Phi) is 5.52. The molecule has 0 atom stereocenters. The number of carbonyl (C=O) groups excluding carboxylic acids is 1. The summed E-state index contributed by atoms with van der Waals surface area (Å²) in [7, 11) is 1.51. The summed E-state index contributed by atoms with van der Waals surface area (Å²) in [6.07, 6.45) is 3.54. The van der Waals surface area contributed by atoms with Crippen LogP contribution >= 0.6 is 11.3 Å². The van der Waals surface area contributed by atoms with Crippen LogP contribution in [0.3, 0.4) is 0 Å². The lowest BCUT2D eigenvalue weighted by molar-refractivity contribution is -0.116. The molecule has 1 amide bonds. The number of H-pyrrole nitrogens is 1. The van der Waals surface area contributed by atoms with Crippen molar-refractivity contribution >= 4 is 33.4 Å². The van der Waals surface area contributed by atoms with Gasteiger partial charge in [0.1, 0.15) is 12.1 Å². The van der Waals surface area contributed by atoms with Crippen molar-refractivity contribution in [2.24, 2.45) is 13.0 Å². The summed E-state index contributed by atoms with van der Waals surface area (Å²) in [5.41, 5.74) is -0.0516. The number of aromatic nitrogens is 4. The molecule has 4 aromatic rings. The topological polar surface area (TPSA) is 111 Å². The number of nitrogens with one attached hydrogen (secondary N) is 2. The van der Waals surface area contributed by atoms with Crippen LogP contribution in [-0.2, 0) is 18.4 Å². The average Bonchev–Trinajstić information content (AvgIpc) is 3.32. The number of benzene rings is 1. The first-order valence-corrected chi connectivity index (χ1v) is 11.3. The molecule has 0 spiro atoms. The van der Waals surface area contributed by atoms with Crippen molar-refractivity contribution in [3.8, 4) is 17.0 Å². The predicted molar refractivity (Wildman–Crippen MR) is 122 cm³/mol. The van der Waals surface area contributed by atoms with E-state index in [0.29, 0.717) is 23.7 Å². The second kappa shape index (κ2) is 8.52. The highest BCUT2D eigenvalue weighted by Crippen LogP contribution is 2.33. The molecule has 2 N–H and O–H groups in total. The number of hydrogen-bond acceptors (Lipinski definition) is 6. The van der Waals surface area contributed by atoms with Crippen LogP contribution in [0.4, 0.5) is 13.9 Å². The summed E-state index contributed by atoms with van der Waals surface area (Å²) in [5, 5.41) is 4.41. The van der Waals surface area contributed by atoms with Gasteiger partial charge in [-0.15, -0.1) is 11.3 Å². The minimum absolute atomic E-state index is 0.187. The molecule has 176 valence electrons. The van der Waals surface area contributed by atoms with Crippen molar-refractivity contribution in [1.82, 2.24) is 19.1 Å². The Labute approximate surface area is 194 Å². The first-order valence-electron chi connectivity index (χ1n) is 10.5. The smallest absolute Gasteiger partial charge is 0.328 e. The first kappa shape index (κ1) is 22.0. The molecule has 12 heteroatoms. The molecule has 1 aliphatic carbocycles. The van der Waals surface area contributed by atoms with Crippen LogP contribution in [0.5, 0.6) is 5.75 Å². The number of hydrogen-bond donors (Lipinski definition) is 2. The highest BCUT2D eigenvalue weighted by atomic mass is 32.1. The number of fused-ring (bicyclic) bond motifs is 1. The van der Waals surface area contributed by atoms with E-state index in [9.17, 15) is 23.2 Å². The molecule has 0 saturated heterocycles. The van der Waals surface area contributed by atoms with E-state index in [1.54, 1.807) is 11.4 Å². The highest BCUT2D eigenvalue weighted by Gasteiger charge is 2.24. The predicted octanol–water partition coefficient (Wildman–Crippen LogP) is 2.86. The zero-order valence-corrected chi connectivity index (χ0v) is 18.7. The number of carbonyl (C=O) groups is 1. The molecular weight excluding hydrogens is 468 g/mol. The van der Waals surface area contributed by atoms with Gasteiger partial charge in [-0.2, -0.15) is 0 Å². The van der Waals surface area contributed by atoms with Crippen LogP contribution in [0.2, 0.25) is 0 Å². The molecule has 1 fully saturated rings. The minimum atomic E-state index is -0.812. The van der Waals surface area contributed by atoms with Gasteiger partial charge in [0.25, 0.3) is 5.56 Å². The molecule has 0 bridgehead atoms. The van der Waals surface area contributed by atoms with Gasteiger partial charge in [-0.1, -0.05) is 0 Å². The maximum Gasteiger partial charge on any atom is 0.328 e. The van der Waals surface area contributed by atoms with Gasteiger partial charge in [0, 0.05) is 24.2 Å². The van der Waals surface area contributed by atoms with Crippen molar-refractivity contribution in [2.45, 2.75) is 19.4 Å². The van der Waals surface area contributed by atoms with E-state index in [0.717, 1.165) is 36.3 Å². The third kappa shape index (κ3) is 4.23. The van der Waals surface area contributed by atoms with Crippen LogP contribution in [-0.4, -0.2) is 31.6 Å². The number of ether oxygens (including phenoxy) is 1. The van der Waals surface area contributed by atoms with E-state index in [-0.39, 0.29) is 22.8 Å². The van der Waals surface area contributed by atoms with Gasteiger partial charge in [0.15, 0.2) is 22.5 Å².